The number of rotatable bonds is 3. The number of piperidine rings is 2. The number of hydrogen-bond donors (Lipinski definition) is 0. The van der Waals surface area contributed by atoms with Gasteiger partial charge >= 0.3 is 6.18 Å². The minimum atomic E-state index is -4.58. The van der Waals surface area contributed by atoms with Crippen LogP contribution >= 0.6 is 11.6 Å². The summed E-state index contributed by atoms with van der Waals surface area (Å²) in [6, 6.07) is 6.20. The number of benzene rings is 1. The van der Waals surface area contributed by atoms with Crippen molar-refractivity contribution >= 4 is 34.5 Å². The van der Waals surface area contributed by atoms with Crippen LogP contribution in [0.2, 0.25) is 5.15 Å². The van der Waals surface area contributed by atoms with Crippen LogP contribution in [0.1, 0.15) is 49.4 Å². The van der Waals surface area contributed by atoms with Gasteiger partial charge in [0.2, 0.25) is 5.91 Å². The Bertz CT molecular complexity index is 1350. The lowest BCUT2D eigenvalue weighted by molar-refractivity contribution is -0.202. The second-order valence-electron chi connectivity index (χ2n) is 10.8. The van der Waals surface area contributed by atoms with Crippen molar-refractivity contribution in [2.45, 2.75) is 50.7 Å². The SMILES string of the molecule is CN1CCC2(CCCN([C@@H](c3ccc(N4CCCc5c4cnc4cc(Cl)nn54)cc3)C(F)(F)F)C2=O)CC1. The molecule has 3 aromatic rings. The molecule has 2 saturated heterocycles. The topological polar surface area (TPSA) is 57.0 Å². The van der Waals surface area contributed by atoms with Crippen molar-refractivity contribution in [1.29, 1.82) is 0 Å². The summed E-state index contributed by atoms with van der Waals surface area (Å²) in [5, 5.41) is 4.71. The third-order valence-corrected chi connectivity index (χ3v) is 8.66. The van der Waals surface area contributed by atoms with E-state index in [-0.39, 0.29) is 18.0 Å². The molecule has 0 bridgehead atoms. The van der Waals surface area contributed by atoms with Crippen LogP contribution in [0.3, 0.4) is 0 Å². The van der Waals surface area contributed by atoms with Crippen LogP contribution in [0.5, 0.6) is 0 Å². The van der Waals surface area contributed by atoms with E-state index >= 15 is 0 Å². The number of aromatic nitrogens is 3. The van der Waals surface area contributed by atoms with Crippen molar-refractivity contribution in [3.8, 4) is 0 Å². The number of fused-ring (bicyclic) bond motifs is 3. The van der Waals surface area contributed by atoms with Crippen molar-refractivity contribution in [3.63, 3.8) is 0 Å². The molecule has 38 heavy (non-hydrogen) atoms. The Balaban J connectivity index is 1.31. The number of anilines is 2. The van der Waals surface area contributed by atoms with Crippen LogP contribution in [0.25, 0.3) is 5.65 Å². The fraction of sp³-hybridized carbons (Fsp3) is 0.519. The second-order valence-corrected chi connectivity index (χ2v) is 11.2. The van der Waals surface area contributed by atoms with Crippen molar-refractivity contribution in [2.24, 2.45) is 5.41 Å². The summed E-state index contributed by atoms with van der Waals surface area (Å²) in [4.78, 5) is 23.4. The molecule has 11 heteroatoms. The Labute approximate surface area is 224 Å². The Hall–Kier alpha value is -2.85. The van der Waals surface area contributed by atoms with E-state index < -0.39 is 17.6 Å². The van der Waals surface area contributed by atoms with E-state index in [1.54, 1.807) is 28.9 Å². The average molecular weight is 547 g/mol. The molecular weight excluding hydrogens is 517 g/mol. The molecule has 3 aliphatic rings. The molecule has 7 nitrogen and oxygen atoms in total. The van der Waals surface area contributed by atoms with Gasteiger partial charge in [0.05, 0.1) is 23.0 Å². The van der Waals surface area contributed by atoms with Crippen molar-refractivity contribution in [2.75, 3.05) is 38.1 Å². The van der Waals surface area contributed by atoms with E-state index in [1.165, 1.54) is 12.1 Å². The predicted octanol–water partition coefficient (Wildman–Crippen LogP) is 5.40. The lowest BCUT2D eigenvalue weighted by Gasteiger charge is -2.48. The molecule has 5 heterocycles. The van der Waals surface area contributed by atoms with Crippen LogP contribution in [0.15, 0.2) is 36.5 Å². The van der Waals surface area contributed by atoms with Gasteiger partial charge in [-0.2, -0.15) is 18.3 Å². The van der Waals surface area contributed by atoms with Crippen molar-refractivity contribution in [1.82, 2.24) is 24.4 Å². The molecule has 1 spiro atoms. The van der Waals surface area contributed by atoms with Gasteiger partial charge < -0.3 is 14.7 Å². The minimum Gasteiger partial charge on any atom is -0.339 e. The third-order valence-electron chi connectivity index (χ3n) is 8.47. The first-order valence-corrected chi connectivity index (χ1v) is 13.5. The quantitative estimate of drug-likeness (QED) is 0.440. The van der Waals surface area contributed by atoms with E-state index in [0.717, 1.165) is 47.9 Å². The summed E-state index contributed by atoms with van der Waals surface area (Å²) < 4.78 is 45.4. The summed E-state index contributed by atoms with van der Waals surface area (Å²) in [6.45, 7) is 2.29. The molecule has 1 amide bonds. The summed E-state index contributed by atoms with van der Waals surface area (Å²) >= 11 is 6.08. The van der Waals surface area contributed by atoms with Crippen LogP contribution in [0.4, 0.5) is 24.5 Å². The number of nitrogens with zero attached hydrogens (tertiary/aromatic N) is 6. The second kappa shape index (κ2) is 9.41. The maximum absolute atomic E-state index is 14.5. The van der Waals surface area contributed by atoms with Crippen molar-refractivity contribution < 1.29 is 18.0 Å². The van der Waals surface area contributed by atoms with Gasteiger partial charge in [-0.25, -0.2) is 9.50 Å². The highest BCUT2D eigenvalue weighted by Crippen LogP contribution is 2.47. The largest absolute Gasteiger partial charge is 0.413 e. The smallest absolute Gasteiger partial charge is 0.339 e. The summed E-state index contributed by atoms with van der Waals surface area (Å²) in [6.07, 6.45) is 1.32. The first kappa shape index (κ1) is 25.4. The first-order valence-electron chi connectivity index (χ1n) is 13.1. The summed E-state index contributed by atoms with van der Waals surface area (Å²) in [5.41, 5.74) is 2.66. The molecule has 0 unspecified atom stereocenters. The normalized spacial score (nSPS) is 21.2. The van der Waals surface area contributed by atoms with E-state index in [1.807, 2.05) is 11.9 Å². The van der Waals surface area contributed by atoms with Gasteiger partial charge in [-0.1, -0.05) is 23.7 Å². The zero-order chi connectivity index (χ0) is 26.7. The molecular formula is C27H30ClF3N6O. The van der Waals surface area contributed by atoms with E-state index in [9.17, 15) is 18.0 Å². The number of carbonyl (C=O) groups is 1. The molecule has 0 saturated carbocycles. The van der Waals surface area contributed by atoms with Gasteiger partial charge in [0, 0.05) is 24.8 Å². The van der Waals surface area contributed by atoms with Gasteiger partial charge in [-0.3, -0.25) is 4.79 Å². The number of aryl methyl sites for hydroxylation is 1. The highest BCUT2D eigenvalue weighted by Gasteiger charge is 2.53. The number of amides is 1. The Morgan fingerprint density at radius 3 is 2.47 bits per heavy atom. The summed E-state index contributed by atoms with van der Waals surface area (Å²) in [7, 11) is 1.99. The van der Waals surface area contributed by atoms with Gasteiger partial charge in [0.1, 0.15) is 0 Å². The molecule has 6 rings (SSSR count). The molecule has 3 aliphatic heterocycles. The molecule has 1 aromatic carbocycles. The number of alkyl halides is 3. The van der Waals surface area contributed by atoms with Crippen LogP contribution in [-0.4, -0.2) is 69.7 Å². The maximum atomic E-state index is 14.5. The standard InChI is InChI=1S/C27H30ClF3N6O/c1-34-14-10-26(11-15-34)9-3-13-36(25(26)38)24(27(29,30)31)18-5-7-19(8-6-18)35-12-2-4-20-21(35)17-32-23-16-22(28)33-37(20)23/h5-8,16-17,24H,2-4,9-15H2,1H3/t24-/m0/s1. The molecule has 1 atom stereocenters. The van der Waals surface area contributed by atoms with Crippen LogP contribution in [0, 0.1) is 5.41 Å². The zero-order valence-electron chi connectivity index (χ0n) is 21.2. The maximum Gasteiger partial charge on any atom is 0.413 e. The van der Waals surface area contributed by atoms with Crippen LogP contribution in [-0.2, 0) is 11.2 Å². The monoisotopic (exact) mass is 546 g/mol. The fourth-order valence-corrected chi connectivity index (χ4v) is 6.61. The Morgan fingerprint density at radius 2 is 1.76 bits per heavy atom. The van der Waals surface area contributed by atoms with Gasteiger partial charge in [-0.05, 0) is 76.4 Å². The van der Waals surface area contributed by atoms with Crippen molar-refractivity contribution in [3.05, 3.63) is 52.9 Å². The third kappa shape index (κ3) is 4.31. The van der Waals surface area contributed by atoms with E-state index in [2.05, 4.69) is 15.0 Å². The van der Waals surface area contributed by atoms with E-state index in [0.29, 0.717) is 43.0 Å². The van der Waals surface area contributed by atoms with Gasteiger partial charge in [-0.15, -0.1) is 0 Å². The van der Waals surface area contributed by atoms with Gasteiger partial charge in [0.25, 0.3) is 0 Å². The van der Waals surface area contributed by atoms with Crippen LogP contribution < -0.4 is 4.90 Å². The fourth-order valence-electron chi connectivity index (χ4n) is 6.44. The molecule has 202 valence electrons. The minimum absolute atomic E-state index is 0.0873. The average Bonchev–Trinajstić information content (AvgIpc) is 3.28. The van der Waals surface area contributed by atoms with Gasteiger partial charge in [0.15, 0.2) is 16.8 Å². The molecule has 0 radical (unpaired) electrons. The molecule has 2 fully saturated rings. The molecule has 0 N–H and O–H groups in total. The highest BCUT2D eigenvalue weighted by molar-refractivity contribution is 6.29. The highest BCUT2D eigenvalue weighted by atomic mass is 35.5. The number of halogens is 4. The predicted molar refractivity (Wildman–Crippen MR) is 139 cm³/mol. The number of likely N-dealkylation sites (tertiary alicyclic amines) is 2. The first-order chi connectivity index (χ1) is 18.2. The number of hydrogen-bond acceptors (Lipinski definition) is 5. The van der Waals surface area contributed by atoms with E-state index in [4.69, 9.17) is 11.6 Å². The lowest BCUT2D eigenvalue weighted by atomic mass is 9.71. The molecule has 0 aliphatic carbocycles. The number of carbonyl (C=O) groups excluding carboxylic acids is 1. The zero-order valence-corrected chi connectivity index (χ0v) is 22.0. The Kier molecular flexibility index (Phi) is 6.30. The molecule has 2 aromatic heterocycles. The summed E-state index contributed by atoms with van der Waals surface area (Å²) in [5.74, 6) is -0.346. The Morgan fingerprint density at radius 1 is 1.03 bits per heavy atom. The lowest BCUT2D eigenvalue weighted by Crippen LogP contribution is -2.56.